The number of aromatic nitrogens is 1. The molecule has 1 rings (SSSR count). The maximum Gasteiger partial charge on any atom is 0.146 e. The first kappa shape index (κ1) is 4.88. The van der Waals surface area contributed by atoms with Gasteiger partial charge in [0, 0.05) is 14.1 Å². The molecule has 0 saturated heterocycles. The van der Waals surface area contributed by atoms with Crippen molar-refractivity contribution in [2.75, 3.05) is 0 Å². The molecule has 3 heteroatoms. The Kier molecular flexibility index (Phi) is 1.38. The summed E-state index contributed by atoms with van der Waals surface area (Å²) in [7, 11) is 0. The molecule has 1 heterocycles. The van der Waals surface area contributed by atoms with Gasteiger partial charge in [0.1, 0.15) is 5.82 Å². The van der Waals surface area contributed by atoms with Crippen molar-refractivity contribution < 1.29 is 5.76 Å². The molecule has 0 saturated carbocycles. The molecule has 0 aliphatic rings. The second kappa shape index (κ2) is 2.55. The average Bonchev–Trinajstić information content (AvgIpc) is 1.88. The number of halogens is 1. The lowest BCUT2D eigenvalue weighted by Crippen LogP contribution is -2.01. The van der Waals surface area contributed by atoms with Crippen molar-refractivity contribution in [2.24, 2.45) is 5.73 Å². The summed E-state index contributed by atoms with van der Waals surface area (Å²) in [6, 6.07) is 2.69. The number of hydrogen-bond donors (Lipinski definition) is 1. The Labute approximate surface area is 53.9 Å². The smallest absolute Gasteiger partial charge is 0.146 e. The third-order valence-corrected chi connectivity index (χ3v) is 0.945. The summed E-state index contributed by atoms with van der Waals surface area (Å²) in [6.07, 6.45) is 1.41. The van der Waals surface area contributed by atoms with E-state index in [2.05, 4.69) is 4.98 Å². The molecule has 48 valence electrons. The molecule has 0 amide bonds. The van der Waals surface area contributed by atoms with E-state index in [4.69, 9.17) is 7.10 Å². The maximum atomic E-state index is 12.6. The van der Waals surface area contributed by atoms with E-state index < -0.39 is 12.3 Å². The molecule has 0 aliphatic heterocycles. The van der Waals surface area contributed by atoms with Crippen LogP contribution in [0.15, 0.2) is 18.3 Å². The molecule has 0 radical (unpaired) electrons. The third kappa shape index (κ3) is 1.23. The van der Waals surface area contributed by atoms with E-state index in [1.807, 2.05) is 0 Å². The van der Waals surface area contributed by atoms with E-state index in [-0.39, 0.29) is 5.69 Å². The van der Waals surface area contributed by atoms with E-state index in [9.17, 15) is 4.39 Å². The number of nitrogens with zero attached hydrogens (tertiary/aromatic N) is 1. The highest BCUT2D eigenvalue weighted by atomic mass is 19.1. The normalized spacial score (nSPS) is 14.7. The van der Waals surface area contributed by atoms with E-state index in [0.717, 1.165) is 0 Å². The third-order valence-electron chi connectivity index (χ3n) is 0.945. The van der Waals surface area contributed by atoms with Crippen LogP contribution in [0.3, 0.4) is 0 Å². The molecule has 0 bridgehead atoms. The summed E-state index contributed by atoms with van der Waals surface area (Å²) in [5.41, 5.74) is 5.07. The van der Waals surface area contributed by atoms with Crippen LogP contribution in [0.4, 0.5) is 4.39 Å². The molecule has 1 aromatic rings. The van der Waals surface area contributed by atoms with Crippen LogP contribution in [0.5, 0.6) is 0 Å². The van der Waals surface area contributed by atoms with Gasteiger partial charge in [0.25, 0.3) is 0 Å². The molecular formula is C6H7FN2. The lowest BCUT2D eigenvalue weighted by atomic mass is 10.3. The molecule has 0 spiro atoms. The minimum atomic E-state index is -1.08. The minimum Gasteiger partial charge on any atom is -0.325 e. The molecule has 1 atom stereocenters. The zero-order valence-electron chi connectivity index (χ0n) is 5.71. The lowest BCUT2D eigenvalue weighted by molar-refractivity contribution is 0.600. The van der Waals surface area contributed by atoms with Gasteiger partial charge in [-0.1, -0.05) is 0 Å². The van der Waals surface area contributed by atoms with Crippen molar-refractivity contribution in [2.45, 2.75) is 6.52 Å². The van der Waals surface area contributed by atoms with Gasteiger partial charge in [-0.3, -0.25) is 4.98 Å². The van der Waals surface area contributed by atoms with Crippen molar-refractivity contribution in [1.29, 1.82) is 0 Å². The van der Waals surface area contributed by atoms with Gasteiger partial charge in [-0.05, 0) is 12.1 Å². The minimum absolute atomic E-state index is 0.0116. The topological polar surface area (TPSA) is 38.9 Å². The van der Waals surface area contributed by atoms with Crippen LogP contribution in [-0.2, 0) is 6.52 Å². The van der Waals surface area contributed by atoms with E-state index in [0.29, 0.717) is 0 Å². The van der Waals surface area contributed by atoms with E-state index in [1.165, 1.54) is 18.3 Å². The summed E-state index contributed by atoms with van der Waals surface area (Å²) in [5, 5.41) is 0. The van der Waals surface area contributed by atoms with Gasteiger partial charge in [0.15, 0.2) is 0 Å². The highest BCUT2D eigenvalue weighted by molar-refractivity contribution is 5.05. The van der Waals surface area contributed by atoms with Gasteiger partial charge in [0.2, 0.25) is 0 Å². The Hall–Kier alpha value is -0.960. The van der Waals surface area contributed by atoms with Crippen LogP contribution in [0.2, 0.25) is 0 Å². The van der Waals surface area contributed by atoms with E-state index >= 15 is 0 Å². The molecule has 0 aromatic carbocycles. The largest absolute Gasteiger partial charge is 0.325 e. The van der Waals surface area contributed by atoms with Crippen LogP contribution in [0.25, 0.3) is 0 Å². The highest BCUT2D eigenvalue weighted by Crippen LogP contribution is 1.99. The van der Waals surface area contributed by atoms with Gasteiger partial charge in [-0.15, -0.1) is 0 Å². The van der Waals surface area contributed by atoms with Gasteiger partial charge in [0.05, 0.1) is 5.69 Å². The molecule has 2 nitrogen and oxygen atoms in total. The second-order valence-corrected chi connectivity index (χ2v) is 1.54. The standard InChI is InChI=1S/C6H7FN2/c7-5-2-1-3-9-6(5)4-8/h1-3H,4,8H2/i4D/t4-/m0/s1. The Morgan fingerprint density at radius 3 is 3.11 bits per heavy atom. The Bertz CT molecular complexity index is 227. The first-order valence-electron chi connectivity index (χ1n) is 3.08. The summed E-state index contributed by atoms with van der Waals surface area (Å²) in [6.45, 7) is -1.08. The van der Waals surface area contributed by atoms with Crippen LogP contribution in [0, 0.1) is 5.82 Å². The van der Waals surface area contributed by atoms with Crippen molar-refractivity contribution in [3.8, 4) is 0 Å². The van der Waals surface area contributed by atoms with Crippen molar-refractivity contribution in [3.63, 3.8) is 0 Å². The monoisotopic (exact) mass is 127 g/mol. The quantitative estimate of drug-likeness (QED) is 0.602. The SMILES string of the molecule is [2H][C@H](N)c1ncccc1F. The Morgan fingerprint density at radius 1 is 1.89 bits per heavy atom. The van der Waals surface area contributed by atoms with Crippen molar-refractivity contribution in [1.82, 2.24) is 4.98 Å². The zero-order chi connectivity index (χ0) is 7.56. The zero-order valence-corrected chi connectivity index (χ0v) is 4.71. The van der Waals surface area contributed by atoms with Crippen molar-refractivity contribution in [3.05, 3.63) is 29.8 Å². The maximum absolute atomic E-state index is 12.6. The van der Waals surface area contributed by atoms with Gasteiger partial charge >= 0.3 is 0 Å². The van der Waals surface area contributed by atoms with Crippen LogP contribution >= 0.6 is 0 Å². The van der Waals surface area contributed by atoms with Crippen LogP contribution in [0.1, 0.15) is 7.06 Å². The molecule has 9 heavy (non-hydrogen) atoms. The average molecular weight is 127 g/mol. The van der Waals surface area contributed by atoms with Gasteiger partial charge < -0.3 is 5.73 Å². The van der Waals surface area contributed by atoms with Gasteiger partial charge in [-0.25, -0.2) is 4.39 Å². The van der Waals surface area contributed by atoms with Crippen LogP contribution in [-0.4, -0.2) is 4.98 Å². The Balaban J connectivity index is 3.03. The first-order valence-corrected chi connectivity index (χ1v) is 2.50. The number of nitrogens with two attached hydrogens (primary N) is 1. The van der Waals surface area contributed by atoms with E-state index in [1.54, 1.807) is 0 Å². The fraction of sp³-hybridized carbons (Fsp3) is 0.167. The number of hydrogen-bond acceptors (Lipinski definition) is 2. The summed E-state index contributed by atoms with van der Waals surface area (Å²) >= 11 is 0. The molecular weight excluding hydrogens is 119 g/mol. The summed E-state index contributed by atoms with van der Waals surface area (Å²) < 4.78 is 19.5. The van der Waals surface area contributed by atoms with Gasteiger partial charge in [-0.2, -0.15) is 0 Å². The predicted molar refractivity (Wildman–Crippen MR) is 32.1 cm³/mol. The first-order chi connectivity index (χ1) is 4.72. The molecule has 0 unspecified atom stereocenters. The molecule has 1 aromatic heterocycles. The fourth-order valence-electron chi connectivity index (χ4n) is 0.521. The molecule has 0 fully saturated rings. The highest BCUT2D eigenvalue weighted by Gasteiger charge is 1.96. The number of rotatable bonds is 1. The summed E-state index contributed by atoms with van der Waals surface area (Å²) in [5.74, 6) is -0.523. The lowest BCUT2D eigenvalue weighted by Gasteiger charge is -1.93. The van der Waals surface area contributed by atoms with Crippen LogP contribution < -0.4 is 5.73 Å². The molecule has 0 aliphatic carbocycles. The number of pyridine rings is 1. The Morgan fingerprint density at radius 2 is 2.67 bits per heavy atom. The summed E-state index contributed by atoms with van der Waals surface area (Å²) in [4.78, 5) is 3.59. The predicted octanol–water partition coefficient (Wildman–Crippen LogP) is 0.679. The fourth-order valence-corrected chi connectivity index (χ4v) is 0.521. The van der Waals surface area contributed by atoms with Crippen molar-refractivity contribution >= 4 is 0 Å². The second-order valence-electron chi connectivity index (χ2n) is 1.54. The molecule has 2 N–H and O–H groups in total.